The Morgan fingerprint density at radius 3 is 3.04 bits per heavy atom. The average Bonchev–Trinajstić information content (AvgIpc) is 3.44. The van der Waals surface area contributed by atoms with Gasteiger partial charge in [0.25, 0.3) is 0 Å². The summed E-state index contributed by atoms with van der Waals surface area (Å²) in [4.78, 5) is 36.0. The van der Waals surface area contributed by atoms with Crippen LogP contribution in [0.4, 0.5) is 4.79 Å². The first-order chi connectivity index (χ1) is 13.7. The molecule has 0 radical (unpaired) electrons. The van der Waals surface area contributed by atoms with Gasteiger partial charge in [0.15, 0.2) is 11.5 Å². The van der Waals surface area contributed by atoms with Crippen molar-refractivity contribution in [3.8, 4) is 10.7 Å². The van der Waals surface area contributed by atoms with Crippen molar-refractivity contribution in [3.05, 3.63) is 35.8 Å². The van der Waals surface area contributed by atoms with Crippen molar-refractivity contribution in [2.75, 3.05) is 26.2 Å². The third kappa shape index (κ3) is 3.57. The third-order valence-electron chi connectivity index (χ3n) is 4.70. The first-order valence-electron chi connectivity index (χ1n) is 9.22. The van der Waals surface area contributed by atoms with Crippen LogP contribution in [-0.4, -0.2) is 57.7 Å². The van der Waals surface area contributed by atoms with Crippen molar-refractivity contribution in [3.63, 3.8) is 0 Å². The van der Waals surface area contributed by atoms with Crippen LogP contribution in [0.5, 0.6) is 0 Å². The van der Waals surface area contributed by atoms with E-state index in [2.05, 4.69) is 14.9 Å². The van der Waals surface area contributed by atoms with Gasteiger partial charge in [-0.15, -0.1) is 11.3 Å². The summed E-state index contributed by atoms with van der Waals surface area (Å²) < 4.78 is 6.99. The summed E-state index contributed by atoms with van der Waals surface area (Å²) in [5.74, 6) is 0.443. The molecule has 0 saturated carbocycles. The smallest absolute Gasteiger partial charge is 0.325 e. The SMILES string of the molecule is CCOC(=O)CNC(=O)N1CC[C@H](n2c(-c3cccs3)nc3cccnc32)C1. The van der Waals surface area contributed by atoms with E-state index in [1.807, 2.05) is 29.6 Å². The summed E-state index contributed by atoms with van der Waals surface area (Å²) in [6.45, 7) is 3.06. The van der Waals surface area contributed by atoms with Crippen LogP contribution in [0.2, 0.25) is 0 Å². The molecule has 146 valence electrons. The van der Waals surface area contributed by atoms with Crippen LogP contribution in [0.25, 0.3) is 21.9 Å². The van der Waals surface area contributed by atoms with Gasteiger partial charge < -0.3 is 19.5 Å². The maximum absolute atomic E-state index is 12.4. The Bertz CT molecular complexity index is 985. The van der Waals surface area contributed by atoms with Crippen molar-refractivity contribution in [2.24, 2.45) is 0 Å². The van der Waals surface area contributed by atoms with Crippen LogP contribution in [0.15, 0.2) is 35.8 Å². The number of imidazole rings is 1. The second-order valence-electron chi connectivity index (χ2n) is 6.48. The molecule has 1 fully saturated rings. The number of hydrogen-bond donors (Lipinski definition) is 1. The molecule has 1 aliphatic rings. The van der Waals surface area contributed by atoms with Crippen molar-refractivity contribution in [1.82, 2.24) is 24.8 Å². The van der Waals surface area contributed by atoms with E-state index in [9.17, 15) is 9.59 Å². The van der Waals surface area contributed by atoms with Crippen LogP contribution in [0, 0.1) is 0 Å². The number of ether oxygens (including phenoxy) is 1. The fourth-order valence-corrected chi connectivity index (χ4v) is 4.17. The van der Waals surface area contributed by atoms with Gasteiger partial charge in [0.1, 0.15) is 12.1 Å². The number of amides is 2. The minimum absolute atomic E-state index is 0.0744. The Morgan fingerprint density at radius 1 is 1.36 bits per heavy atom. The molecule has 8 nitrogen and oxygen atoms in total. The molecule has 0 aliphatic carbocycles. The number of thiophene rings is 1. The summed E-state index contributed by atoms with van der Waals surface area (Å²) >= 11 is 1.63. The molecule has 9 heteroatoms. The number of urea groups is 1. The number of nitrogens with zero attached hydrogens (tertiary/aromatic N) is 4. The number of fused-ring (bicyclic) bond motifs is 1. The maximum Gasteiger partial charge on any atom is 0.325 e. The third-order valence-corrected chi connectivity index (χ3v) is 5.56. The summed E-state index contributed by atoms with van der Waals surface area (Å²) in [7, 11) is 0. The van der Waals surface area contributed by atoms with Crippen molar-refractivity contribution in [1.29, 1.82) is 0 Å². The highest BCUT2D eigenvalue weighted by Crippen LogP contribution is 2.33. The standard InChI is InChI=1S/C19H21N5O3S/c1-2-27-16(25)11-21-19(26)23-9-7-13(12-23)24-17-14(5-3-8-20-17)22-18(24)15-6-4-10-28-15/h3-6,8,10,13H,2,7,9,11-12H2,1H3,(H,21,26)/t13-/m0/s1. The largest absolute Gasteiger partial charge is 0.465 e. The highest BCUT2D eigenvalue weighted by molar-refractivity contribution is 7.13. The van der Waals surface area contributed by atoms with E-state index >= 15 is 0 Å². The molecule has 1 saturated heterocycles. The molecular formula is C19H21N5O3S. The van der Waals surface area contributed by atoms with E-state index < -0.39 is 5.97 Å². The van der Waals surface area contributed by atoms with E-state index in [1.165, 1.54) is 0 Å². The number of likely N-dealkylation sites (tertiary alicyclic amines) is 1. The zero-order valence-electron chi connectivity index (χ0n) is 15.5. The molecule has 4 heterocycles. The number of nitrogens with one attached hydrogen (secondary N) is 1. The monoisotopic (exact) mass is 399 g/mol. The van der Waals surface area contributed by atoms with E-state index in [0.29, 0.717) is 19.7 Å². The van der Waals surface area contributed by atoms with E-state index in [1.54, 1.807) is 29.4 Å². The average molecular weight is 399 g/mol. The molecular weight excluding hydrogens is 378 g/mol. The van der Waals surface area contributed by atoms with Crippen molar-refractivity contribution in [2.45, 2.75) is 19.4 Å². The molecule has 0 unspecified atom stereocenters. The minimum atomic E-state index is -0.434. The van der Waals surface area contributed by atoms with Gasteiger partial charge in [0, 0.05) is 19.3 Å². The van der Waals surface area contributed by atoms with Crippen LogP contribution in [0.3, 0.4) is 0 Å². The number of hydrogen-bond acceptors (Lipinski definition) is 6. The molecule has 4 rings (SSSR count). The topological polar surface area (TPSA) is 89.4 Å². The highest BCUT2D eigenvalue weighted by atomic mass is 32.1. The molecule has 1 atom stereocenters. The molecule has 2 amide bonds. The zero-order chi connectivity index (χ0) is 19.5. The van der Waals surface area contributed by atoms with Crippen LogP contribution in [-0.2, 0) is 9.53 Å². The number of carbonyl (C=O) groups excluding carboxylic acids is 2. The number of pyridine rings is 1. The predicted molar refractivity (Wildman–Crippen MR) is 106 cm³/mol. The lowest BCUT2D eigenvalue weighted by molar-refractivity contribution is -0.141. The number of aromatic nitrogens is 3. The van der Waals surface area contributed by atoms with E-state index in [0.717, 1.165) is 28.3 Å². The Labute approximate surface area is 166 Å². The molecule has 1 aliphatic heterocycles. The summed E-state index contributed by atoms with van der Waals surface area (Å²) in [5.41, 5.74) is 1.67. The highest BCUT2D eigenvalue weighted by Gasteiger charge is 2.31. The lowest BCUT2D eigenvalue weighted by Crippen LogP contribution is -2.41. The first kappa shape index (κ1) is 18.4. The van der Waals surface area contributed by atoms with Gasteiger partial charge in [-0.1, -0.05) is 6.07 Å². The fourth-order valence-electron chi connectivity index (χ4n) is 3.46. The lowest BCUT2D eigenvalue weighted by Gasteiger charge is -2.19. The summed E-state index contributed by atoms with van der Waals surface area (Å²) in [5, 5.41) is 4.65. The number of esters is 1. The zero-order valence-corrected chi connectivity index (χ0v) is 16.3. The minimum Gasteiger partial charge on any atom is -0.465 e. The van der Waals surface area contributed by atoms with E-state index in [4.69, 9.17) is 9.72 Å². The maximum atomic E-state index is 12.4. The van der Waals surface area contributed by atoms with Crippen molar-refractivity contribution >= 4 is 34.5 Å². The quantitative estimate of drug-likeness (QED) is 0.667. The molecule has 3 aromatic rings. The van der Waals surface area contributed by atoms with Crippen LogP contribution in [0.1, 0.15) is 19.4 Å². The molecule has 1 N–H and O–H groups in total. The van der Waals surface area contributed by atoms with Crippen LogP contribution >= 0.6 is 11.3 Å². The van der Waals surface area contributed by atoms with E-state index in [-0.39, 0.29) is 18.6 Å². The van der Waals surface area contributed by atoms with Gasteiger partial charge in [0.05, 0.1) is 17.5 Å². The Balaban J connectivity index is 1.54. The Kier molecular flexibility index (Phi) is 5.25. The number of carbonyl (C=O) groups is 2. The van der Waals surface area contributed by atoms with Gasteiger partial charge in [-0.25, -0.2) is 14.8 Å². The second kappa shape index (κ2) is 7.97. The molecule has 0 bridgehead atoms. The lowest BCUT2D eigenvalue weighted by atomic mass is 10.2. The van der Waals surface area contributed by atoms with Gasteiger partial charge in [-0.3, -0.25) is 4.79 Å². The summed E-state index contributed by atoms with van der Waals surface area (Å²) in [6, 6.07) is 7.69. The predicted octanol–water partition coefficient (Wildman–Crippen LogP) is 2.68. The molecule has 0 aromatic carbocycles. The van der Waals surface area contributed by atoms with Crippen molar-refractivity contribution < 1.29 is 14.3 Å². The summed E-state index contributed by atoms with van der Waals surface area (Å²) in [6.07, 6.45) is 2.56. The number of rotatable bonds is 5. The van der Waals surface area contributed by atoms with Gasteiger partial charge >= 0.3 is 12.0 Å². The van der Waals surface area contributed by atoms with Gasteiger partial charge in [-0.05, 0) is 36.9 Å². The normalized spacial score (nSPS) is 16.5. The Hall–Kier alpha value is -2.94. The Morgan fingerprint density at radius 2 is 2.25 bits per heavy atom. The first-order valence-corrected chi connectivity index (χ1v) is 10.1. The fraction of sp³-hybridized carbons (Fsp3) is 0.368. The van der Waals surface area contributed by atoms with Gasteiger partial charge in [-0.2, -0.15) is 0 Å². The molecule has 28 heavy (non-hydrogen) atoms. The molecule has 3 aromatic heterocycles. The molecule has 0 spiro atoms. The second-order valence-corrected chi connectivity index (χ2v) is 7.43. The van der Waals surface area contributed by atoms with Crippen LogP contribution < -0.4 is 5.32 Å². The van der Waals surface area contributed by atoms with Gasteiger partial charge in [0.2, 0.25) is 0 Å².